The number of rotatable bonds is 3. The quantitative estimate of drug-likeness (QED) is 0.794. The van der Waals surface area contributed by atoms with Crippen LogP contribution in [0.3, 0.4) is 0 Å². The van der Waals surface area contributed by atoms with E-state index in [1.165, 1.54) is 0 Å². The molecule has 0 unspecified atom stereocenters. The van der Waals surface area contributed by atoms with Crippen LogP contribution >= 0.6 is 0 Å². The van der Waals surface area contributed by atoms with E-state index in [2.05, 4.69) is 11.0 Å². The minimum Gasteiger partial charge on any atom is -0.466 e. The summed E-state index contributed by atoms with van der Waals surface area (Å²) < 4.78 is 5.08. The Bertz CT molecular complexity index is 526. The molecule has 1 aliphatic rings. The Morgan fingerprint density at radius 2 is 2.15 bits per heavy atom. The SMILES string of the molecule is CCOC(=O)C1CCN(c2c(C)cccc2C#N)CC1. The van der Waals surface area contributed by atoms with Crippen molar-refractivity contribution in [3.63, 3.8) is 0 Å². The number of nitriles is 1. The Hall–Kier alpha value is -2.02. The summed E-state index contributed by atoms with van der Waals surface area (Å²) in [4.78, 5) is 14.0. The lowest BCUT2D eigenvalue weighted by atomic mass is 9.95. The fourth-order valence-electron chi connectivity index (χ4n) is 2.77. The molecule has 106 valence electrons. The average molecular weight is 272 g/mol. The van der Waals surface area contributed by atoms with Crippen molar-refractivity contribution in [1.29, 1.82) is 5.26 Å². The van der Waals surface area contributed by atoms with E-state index in [4.69, 9.17) is 4.74 Å². The van der Waals surface area contributed by atoms with Gasteiger partial charge in [0.25, 0.3) is 0 Å². The summed E-state index contributed by atoms with van der Waals surface area (Å²) in [6.07, 6.45) is 1.58. The zero-order valence-corrected chi connectivity index (χ0v) is 12.1. The lowest BCUT2D eigenvalue weighted by molar-refractivity contribution is -0.148. The number of aryl methyl sites for hydroxylation is 1. The predicted molar refractivity (Wildman–Crippen MR) is 77.5 cm³/mol. The molecule has 1 saturated heterocycles. The van der Waals surface area contributed by atoms with Crippen LogP contribution in [0.15, 0.2) is 18.2 Å². The average Bonchev–Trinajstić information content (AvgIpc) is 2.47. The first-order chi connectivity index (χ1) is 9.67. The van der Waals surface area contributed by atoms with E-state index in [0.29, 0.717) is 12.2 Å². The van der Waals surface area contributed by atoms with Crippen LogP contribution in [0.5, 0.6) is 0 Å². The molecule has 0 bridgehead atoms. The van der Waals surface area contributed by atoms with Crippen LogP contribution in [0, 0.1) is 24.2 Å². The molecule has 1 heterocycles. The van der Waals surface area contributed by atoms with Gasteiger partial charge in [-0.25, -0.2) is 0 Å². The zero-order chi connectivity index (χ0) is 14.5. The standard InChI is InChI=1S/C16H20N2O2/c1-3-20-16(19)13-7-9-18(10-8-13)15-12(2)5-4-6-14(15)11-17/h4-6,13H,3,7-10H2,1-2H3. The molecule has 4 nitrogen and oxygen atoms in total. The van der Waals surface area contributed by atoms with Gasteiger partial charge in [-0.3, -0.25) is 4.79 Å². The maximum atomic E-state index is 11.7. The highest BCUT2D eigenvalue weighted by Crippen LogP contribution is 2.29. The molecule has 0 radical (unpaired) electrons. The number of carbonyl (C=O) groups excluding carboxylic acids is 1. The van der Waals surface area contributed by atoms with E-state index in [9.17, 15) is 10.1 Å². The molecule has 20 heavy (non-hydrogen) atoms. The molecule has 4 heteroatoms. The van der Waals surface area contributed by atoms with Crippen molar-refractivity contribution in [3.8, 4) is 6.07 Å². The number of esters is 1. The van der Waals surface area contributed by atoms with Gasteiger partial charge in [0.2, 0.25) is 0 Å². The van der Waals surface area contributed by atoms with Crippen LogP contribution in [0.1, 0.15) is 30.9 Å². The van der Waals surface area contributed by atoms with E-state index < -0.39 is 0 Å². The molecule has 0 aliphatic carbocycles. The van der Waals surface area contributed by atoms with E-state index in [-0.39, 0.29) is 11.9 Å². The molecular weight excluding hydrogens is 252 g/mol. The minimum atomic E-state index is -0.0857. The number of hydrogen-bond donors (Lipinski definition) is 0. The highest BCUT2D eigenvalue weighted by molar-refractivity contribution is 5.73. The number of hydrogen-bond acceptors (Lipinski definition) is 4. The highest BCUT2D eigenvalue weighted by Gasteiger charge is 2.27. The third kappa shape index (κ3) is 2.93. The van der Waals surface area contributed by atoms with Crippen LogP contribution < -0.4 is 4.90 Å². The van der Waals surface area contributed by atoms with Gasteiger partial charge >= 0.3 is 5.97 Å². The van der Waals surface area contributed by atoms with E-state index >= 15 is 0 Å². The Kier molecular flexibility index (Phi) is 4.62. The number of ether oxygens (including phenoxy) is 1. The Labute approximate surface area is 120 Å². The van der Waals surface area contributed by atoms with Crippen molar-refractivity contribution in [1.82, 2.24) is 0 Å². The molecule has 0 amide bonds. The summed E-state index contributed by atoms with van der Waals surface area (Å²) in [5, 5.41) is 9.23. The van der Waals surface area contributed by atoms with Crippen LogP contribution in [-0.2, 0) is 9.53 Å². The lowest BCUT2D eigenvalue weighted by Crippen LogP contribution is -2.37. The van der Waals surface area contributed by atoms with Crippen molar-refractivity contribution in [2.24, 2.45) is 5.92 Å². The number of anilines is 1. The van der Waals surface area contributed by atoms with Gasteiger partial charge in [-0.05, 0) is 38.3 Å². The summed E-state index contributed by atoms with van der Waals surface area (Å²) >= 11 is 0. The molecule has 1 fully saturated rings. The van der Waals surface area contributed by atoms with Crippen molar-refractivity contribution in [2.75, 3.05) is 24.6 Å². The third-order valence-electron chi connectivity index (χ3n) is 3.79. The molecule has 0 spiro atoms. The molecule has 0 saturated carbocycles. The second kappa shape index (κ2) is 6.42. The predicted octanol–water partition coefficient (Wildman–Crippen LogP) is 2.65. The molecule has 2 rings (SSSR count). The van der Waals surface area contributed by atoms with Crippen molar-refractivity contribution in [2.45, 2.75) is 26.7 Å². The number of nitrogens with zero attached hydrogens (tertiary/aromatic N) is 2. The van der Waals surface area contributed by atoms with Gasteiger partial charge in [-0.15, -0.1) is 0 Å². The molecule has 0 atom stereocenters. The monoisotopic (exact) mass is 272 g/mol. The highest BCUT2D eigenvalue weighted by atomic mass is 16.5. The zero-order valence-electron chi connectivity index (χ0n) is 12.1. The van der Waals surface area contributed by atoms with Crippen LogP contribution in [0.25, 0.3) is 0 Å². The summed E-state index contributed by atoms with van der Waals surface area (Å²) in [7, 11) is 0. The van der Waals surface area contributed by atoms with Gasteiger partial charge < -0.3 is 9.64 Å². The van der Waals surface area contributed by atoms with Crippen molar-refractivity contribution < 1.29 is 9.53 Å². The topological polar surface area (TPSA) is 53.3 Å². The second-order valence-corrected chi connectivity index (χ2v) is 5.10. The summed E-state index contributed by atoms with van der Waals surface area (Å²) in [6.45, 7) is 5.88. The molecular formula is C16H20N2O2. The summed E-state index contributed by atoms with van der Waals surface area (Å²) in [5.74, 6) is -0.0850. The van der Waals surface area contributed by atoms with Crippen LogP contribution in [0.4, 0.5) is 5.69 Å². The number of para-hydroxylation sites is 1. The normalized spacial score (nSPS) is 15.8. The molecule has 1 aromatic carbocycles. The Balaban J connectivity index is 2.08. The van der Waals surface area contributed by atoms with E-state index in [0.717, 1.165) is 37.2 Å². The Morgan fingerprint density at radius 3 is 2.75 bits per heavy atom. The van der Waals surface area contributed by atoms with E-state index in [1.54, 1.807) is 0 Å². The van der Waals surface area contributed by atoms with Crippen molar-refractivity contribution >= 4 is 11.7 Å². The lowest BCUT2D eigenvalue weighted by Gasteiger charge is -2.34. The van der Waals surface area contributed by atoms with Crippen LogP contribution in [-0.4, -0.2) is 25.7 Å². The first-order valence-corrected chi connectivity index (χ1v) is 7.08. The third-order valence-corrected chi connectivity index (χ3v) is 3.79. The smallest absolute Gasteiger partial charge is 0.309 e. The minimum absolute atomic E-state index is 0.000698. The number of benzene rings is 1. The molecule has 1 aliphatic heterocycles. The second-order valence-electron chi connectivity index (χ2n) is 5.10. The summed E-state index contributed by atoms with van der Waals surface area (Å²) in [5.41, 5.74) is 2.83. The van der Waals surface area contributed by atoms with Gasteiger partial charge in [-0.2, -0.15) is 5.26 Å². The van der Waals surface area contributed by atoms with Gasteiger partial charge in [0.1, 0.15) is 6.07 Å². The van der Waals surface area contributed by atoms with Crippen LogP contribution in [0.2, 0.25) is 0 Å². The first kappa shape index (κ1) is 14.4. The fourth-order valence-corrected chi connectivity index (χ4v) is 2.77. The van der Waals surface area contributed by atoms with Gasteiger partial charge in [0, 0.05) is 13.1 Å². The summed E-state index contributed by atoms with van der Waals surface area (Å²) in [6, 6.07) is 8.03. The molecule has 0 aromatic heterocycles. The first-order valence-electron chi connectivity index (χ1n) is 7.08. The molecule has 0 N–H and O–H groups in total. The largest absolute Gasteiger partial charge is 0.466 e. The molecule has 1 aromatic rings. The number of piperidine rings is 1. The fraction of sp³-hybridized carbons (Fsp3) is 0.500. The van der Waals surface area contributed by atoms with Gasteiger partial charge in [-0.1, -0.05) is 12.1 Å². The van der Waals surface area contributed by atoms with E-state index in [1.807, 2.05) is 32.0 Å². The Morgan fingerprint density at radius 1 is 1.45 bits per heavy atom. The van der Waals surface area contributed by atoms with Gasteiger partial charge in [0.15, 0.2) is 0 Å². The van der Waals surface area contributed by atoms with Crippen molar-refractivity contribution in [3.05, 3.63) is 29.3 Å². The maximum Gasteiger partial charge on any atom is 0.309 e. The number of carbonyl (C=O) groups is 1. The maximum absolute atomic E-state index is 11.7. The van der Waals surface area contributed by atoms with Gasteiger partial charge in [0.05, 0.1) is 23.8 Å².